The number of piperidine rings is 3. The Morgan fingerprint density at radius 1 is 1.38 bits per heavy atom. The molecule has 4 heterocycles. The molecule has 5 rings (SSSR count). The first kappa shape index (κ1) is 19.6. The minimum absolute atomic E-state index is 0.107. The van der Waals surface area contributed by atoms with Gasteiger partial charge >= 0.3 is 0 Å². The number of ether oxygens (including phenoxy) is 1. The first-order valence-corrected chi connectivity index (χ1v) is 10.2. The Balaban J connectivity index is 1.40. The van der Waals surface area contributed by atoms with Crippen LogP contribution >= 0.6 is 0 Å². The third kappa shape index (κ3) is 4.05. The molecule has 2 aromatic rings. The highest BCUT2D eigenvalue weighted by molar-refractivity contribution is 5.79. The minimum atomic E-state index is 0.107. The van der Waals surface area contributed by atoms with Gasteiger partial charge in [0.15, 0.2) is 0 Å². The minimum Gasteiger partial charge on any atom is -0.497 e. The van der Waals surface area contributed by atoms with Gasteiger partial charge in [-0.1, -0.05) is 11.3 Å². The van der Waals surface area contributed by atoms with Crippen molar-refractivity contribution >= 4 is 5.91 Å². The molecule has 1 amide bonds. The highest BCUT2D eigenvalue weighted by Gasteiger charge is 2.44. The zero-order valence-electron chi connectivity index (χ0n) is 17.2. The van der Waals surface area contributed by atoms with Crippen LogP contribution in [-0.2, 0) is 11.3 Å². The molecule has 1 aromatic heterocycles. The Kier molecular flexibility index (Phi) is 5.67. The number of carbonyl (C=O) groups excluding carboxylic acids is 1. The molecule has 154 valence electrons. The number of hydrogen-bond donors (Lipinski definition) is 0. The molecule has 7 heteroatoms. The van der Waals surface area contributed by atoms with Crippen molar-refractivity contribution in [3.63, 3.8) is 0 Å². The highest BCUT2D eigenvalue weighted by atomic mass is 16.5. The molecule has 0 aliphatic carbocycles. The van der Waals surface area contributed by atoms with Crippen LogP contribution in [0.2, 0.25) is 0 Å². The van der Waals surface area contributed by atoms with Crippen LogP contribution in [-0.4, -0.2) is 70.5 Å². The second kappa shape index (κ2) is 8.37. The van der Waals surface area contributed by atoms with E-state index in [0.29, 0.717) is 18.5 Å². The summed E-state index contributed by atoms with van der Waals surface area (Å²) in [5.74, 6) is 1.64. The van der Waals surface area contributed by atoms with Gasteiger partial charge in [-0.2, -0.15) is 0 Å². The number of methoxy groups -OCH3 is 1. The van der Waals surface area contributed by atoms with Crippen molar-refractivity contribution in [2.45, 2.75) is 25.4 Å². The lowest BCUT2D eigenvalue weighted by Gasteiger charge is -2.49. The Morgan fingerprint density at radius 3 is 2.83 bits per heavy atom. The average molecular weight is 396 g/mol. The SMILES string of the molecule is C=CCN(C)C(=O)C1CN2CCC1CC2Cn1cc(-c2ccc(OC)cc2)nn1. The van der Waals surface area contributed by atoms with Crippen molar-refractivity contribution in [2.75, 3.05) is 33.8 Å². The standard InChI is InChI=1S/C22H29N5O2/c1-4-10-25(2)22(28)20-14-26-11-9-17(20)12-18(26)13-27-15-21(23-24-27)16-5-7-19(29-3)8-6-16/h4-8,15,17-18,20H,1,9-14H2,2-3H3. The van der Waals surface area contributed by atoms with Crippen molar-refractivity contribution in [2.24, 2.45) is 11.8 Å². The topological polar surface area (TPSA) is 63.5 Å². The number of benzene rings is 1. The first-order chi connectivity index (χ1) is 14.1. The zero-order valence-corrected chi connectivity index (χ0v) is 17.2. The third-order valence-electron chi connectivity index (χ3n) is 6.30. The molecule has 3 aliphatic heterocycles. The van der Waals surface area contributed by atoms with Crippen LogP contribution in [0, 0.1) is 11.8 Å². The van der Waals surface area contributed by atoms with Gasteiger partial charge in [-0.05, 0) is 49.6 Å². The maximum Gasteiger partial charge on any atom is 0.227 e. The fourth-order valence-electron chi connectivity index (χ4n) is 4.67. The molecule has 0 radical (unpaired) electrons. The molecular weight excluding hydrogens is 366 g/mol. The summed E-state index contributed by atoms with van der Waals surface area (Å²) in [7, 11) is 3.53. The lowest BCUT2D eigenvalue weighted by Crippen LogP contribution is -2.58. The summed E-state index contributed by atoms with van der Waals surface area (Å²) < 4.78 is 7.15. The van der Waals surface area contributed by atoms with E-state index in [4.69, 9.17) is 4.74 Å². The first-order valence-electron chi connectivity index (χ1n) is 10.2. The van der Waals surface area contributed by atoms with E-state index < -0.39 is 0 Å². The number of fused-ring (bicyclic) bond motifs is 3. The van der Waals surface area contributed by atoms with Crippen LogP contribution in [0.25, 0.3) is 11.3 Å². The number of carbonyl (C=O) groups is 1. The predicted octanol–water partition coefficient (Wildman–Crippen LogP) is 2.31. The van der Waals surface area contributed by atoms with Crippen LogP contribution < -0.4 is 4.74 Å². The Labute approximate surface area is 171 Å². The lowest BCUT2D eigenvalue weighted by molar-refractivity contribution is -0.142. The van der Waals surface area contributed by atoms with Crippen LogP contribution in [0.15, 0.2) is 43.1 Å². The number of likely N-dealkylation sites (N-methyl/N-ethyl adjacent to an activating group) is 1. The largest absolute Gasteiger partial charge is 0.497 e. The number of amides is 1. The molecule has 3 aliphatic rings. The van der Waals surface area contributed by atoms with E-state index in [1.165, 1.54) is 0 Å². The van der Waals surface area contributed by atoms with Crippen LogP contribution in [0.1, 0.15) is 12.8 Å². The van der Waals surface area contributed by atoms with Gasteiger partial charge in [0.25, 0.3) is 0 Å². The smallest absolute Gasteiger partial charge is 0.227 e. The van der Waals surface area contributed by atoms with Gasteiger partial charge in [0.05, 0.1) is 25.8 Å². The molecule has 29 heavy (non-hydrogen) atoms. The summed E-state index contributed by atoms with van der Waals surface area (Å²) in [5.41, 5.74) is 1.89. The van der Waals surface area contributed by atoms with Crippen molar-refractivity contribution in [3.05, 3.63) is 43.1 Å². The molecule has 0 saturated carbocycles. The monoisotopic (exact) mass is 395 g/mol. The number of nitrogens with zero attached hydrogens (tertiary/aromatic N) is 5. The van der Waals surface area contributed by atoms with Gasteiger partial charge in [-0.3, -0.25) is 14.4 Å². The summed E-state index contributed by atoms with van der Waals surface area (Å²) in [6, 6.07) is 8.26. The van der Waals surface area contributed by atoms with Crippen LogP contribution in [0.3, 0.4) is 0 Å². The third-order valence-corrected chi connectivity index (χ3v) is 6.30. The maximum absolute atomic E-state index is 12.8. The Hall–Kier alpha value is -2.67. The van der Waals surface area contributed by atoms with Gasteiger partial charge in [0.1, 0.15) is 11.4 Å². The molecule has 3 fully saturated rings. The van der Waals surface area contributed by atoms with Crippen molar-refractivity contribution < 1.29 is 9.53 Å². The maximum atomic E-state index is 12.8. The number of aromatic nitrogens is 3. The molecule has 2 bridgehead atoms. The summed E-state index contributed by atoms with van der Waals surface area (Å²) in [6.07, 6.45) is 5.93. The van der Waals surface area contributed by atoms with E-state index in [0.717, 1.165) is 49.5 Å². The van der Waals surface area contributed by atoms with Gasteiger partial charge in [0, 0.05) is 31.7 Å². The highest BCUT2D eigenvalue weighted by Crippen LogP contribution is 2.37. The molecule has 4 atom stereocenters. The zero-order chi connectivity index (χ0) is 20.4. The quantitative estimate of drug-likeness (QED) is 0.673. The summed E-state index contributed by atoms with van der Waals surface area (Å²) >= 11 is 0. The second-order valence-corrected chi connectivity index (χ2v) is 8.10. The number of rotatable bonds is 7. The fourth-order valence-corrected chi connectivity index (χ4v) is 4.67. The molecular formula is C22H29N5O2. The predicted molar refractivity (Wildman–Crippen MR) is 111 cm³/mol. The van der Waals surface area contributed by atoms with E-state index >= 15 is 0 Å². The fraction of sp³-hybridized carbons (Fsp3) is 0.500. The van der Waals surface area contributed by atoms with Gasteiger partial charge in [-0.15, -0.1) is 11.7 Å². The Morgan fingerprint density at radius 2 is 2.17 bits per heavy atom. The van der Waals surface area contributed by atoms with Gasteiger partial charge in [0.2, 0.25) is 5.91 Å². The summed E-state index contributed by atoms with van der Waals surface area (Å²) in [5, 5.41) is 8.68. The second-order valence-electron chi connectivity index (χ2n) is 8.10. The summed E-state index contributed by atoms with van der Waals surface area (Å²) in [6.45, 7) is 7.06. The molecule has 3 saturated heterocycles. The molecule has 1 aromatic carbocycles. The van der Waals surface area contributed by atoms with E-state index in [1.54, 1.807) is 18.1 Å². The van der Waals surface area contributed by atoms with Gasteiger partial charge in [-0.25, -0.2) is 0 Å². The molecule has 4 unspecified atom stereocenters. The van der Waals surface area contributed by atoms with Crippen molar-refractivity contribution in [3.8, 4) is 17.0 Å². The van der Waals surface area contributed by atoms with E-state index in [-0.39, 0.29) is 11.8 Å². The molecule has 0 N–H and O–H groups in total. The van der Waals surface area contributed by atoms with E-state index in [1.807, 2.05) is 42.2 Å². The molecule has 0 spiro atoms. The lowest BCUT2D eigenvalue weighted by atomic mass is 9.75. The van der Waals surface area contributed by atoms with Crippen molar-refractivity contribution in [1.82, 2.24) is 24.8 Å². The normalized spacial score (nSPS) is 25.6. The van der Waals surface area contributed by atoms with E-state index in [2.05, 4.69) is 21.8 Å². The molecule has 7 nitrogen and oxygen atoms in total. The average Bonchev–Trinajstić information content (AvgIpc) is 3.22. The van der Waals surface area contributed by atoms with Crippen molar-refractivity contribution in [1.29, 1.82) is 0 Å². The number of hydrogen-bond acceptors (Lipinski definition) is 5. The van der Waals surface area contributed by atoms with Crippen LogP contribution in [0.5, 0.6) is 5.75 Å². The van der Waals surface area contributed by atoms with E-state index in [9.17, 15) is 4.79 Å². The van der Waals surface area contributed by atoms with Gasteiger partial charge < -0.3 is 9.64 Å². The van der Waals surface area contributed by atoms with Crippen LogP contribution in [0.4, 0.5) is 0 Å². The summed E-state index contributed by atoms with van der Waals surface area (Å²) in [4.78, 5) is 17.0. The Bertz CT molecular complexity index is 862.